The van der Waals surface area contributed by atoms with Gasteiger partial charge in [0.15, 0.2) is 11.5 Å². The summed E-state index contributed by atoms with van der Waals surface area (Å²) in [6, 6.07) is 8.69. The minimum atomic E-state index is -0.369. The molecule has 0 saturated heterocycles. The normalized spacial score (nSPS) is 12.6. The van der Waals surface area contributed by atoms with Gasteiger partial charge < -0.3 is 9.47 Å². The fourth-order valence-electron chi connectivity index (χ4n) is 1.78. The Hall–Kier alpha value is -2.41. The van der Waals surface area contributed by atoms with Crippen LogP contribution in [0.25, 0.3) is 0 Å². The van der Waals surface area contributed by atoms with Crippen molar-refractivity contribution in [2.24, 2.45) is 5.10 Å². The summed E-state index contributed by atoms with van der Waals surface area (Å²) in [5.74, 6) is 0.943. The summed E-state index contributed by atoms with van der Waals surface area (Å²) >= 11 is 3.39. The first kappa shape index (κ1) is 13.6. The molecule has 1 amide bonds. The molecule has 0 unspecified atom stereocenters. The zero-order valence-electron chi connectivity index (χ0n) is 10.7. The Morgan fingerprint density at radius 1 is 1.38 bits per heavy atom. The number of rotatable bonds is 3. The van der Waals surface area contributed by atoms with Crippen molar-refractivity contribution in [2.75, 3.05) is 6.79 Å². The monoisotopic (exact) mass is 347 g/mol. The number of nitrogens with one attached hydrogen (secondary N) is 1. The van der Waals surface area contributed by atoms with E-state index >= 15 is 0 Å². The van der Waals surface area contributed by atoms with E-state index in [2.05, 4.69) is 31.4 Å². The molecule has 21 heavy (non-hydrogen) atoms. The lowest BCUT2D eigenvalue weighted by molar-refractivity contribution is 0.0950. The molecule has 1 aromatic heterocycles. The maximum atomic E-state index is 11.7. The molecular weight excluding hydrogens is 338 g/mol. The lowest BCUT2D eigenvalue weighted by atomic mass is 10.2. The highest BCUT2D eigenvalue weighted by Crippen LogP contribution is 2.39. The number of nitrogens with zero attached hydrogens (tertiary/aromatic N) is 2. The third kappa shape index (κ3) is 3.03. The molecule has 1 aliphatic heterocycles. The van der Waals surface area contributed by atoms with Crippen LogP contribution in [0.3, 0.4) is 0 Å². The first-order valence-electron chi connectivity index (χ1n) is 6.07. The van der Waals surface area contributed by atoms with E-state index in [1.165, 1.54) is 6.21 Å². The van der Waals surface area contributed by atoms with Crippen molar-refractivity contribution in [1.82, 2.24) is 10.4 Å². The molecule has 0 saturated carbocycles. The summed E-state index contributed by atoms with van der Waals surface area (Å²) in [5, 5.41) is 3.90. The molecule has 1 N–H and O–H groups in total. The molecule has 2 aromatic rings. The molecule has 106 valence electrons. The second-order valence-corrected chi connectivity index (χ2v) is 5.00. The van der Waals surface area contributed by atoms with Gasteiger partial charge in [-0.1, -0.05) is 6.07 Å². The summed E-state index contributed by atoms with van der Waals surface area (Å²) in [5.41, 5.74) is 3.49. The number of amides is 1. The zero-order valence-corrected chi connectivity index (χ0v) is 12.3. The SMILES string of the molecule is O=C(N/N=C\c1cc(Br)c2c(c1)OCO2)c1ccccn1. The topological polar surface area (TPSA) is 72.8 Å². The summed E-state index contributed by atoms with van der Waals surface area (Å²) in [4.78, 5) is 15.7. The van der Waals surface area contributed by atoms with Crippen molar-refractivity contribution in [3.05, 3.63) is 52.3 Å². The van der Waals surface area contributed by atoms with Gasteiger partial charge in [-0.05, 0) is 45.8 Å². The minimum absolute atomic E-state index is 0.199. The predicted molar refractivity (Wildman–Crippen MR) is 79.6 cm³/mol. The first-order valence-corrected chi connectivity index (χ1v) is 6.87. The van der Waals surface area contributed by atoms with Crippen LogP contribution in [0.5, 0.6) is 11.5 Å². The molecule has 2 heterocycles. The maximum absolute atomic E-state index is 11.7. The number of fused-ring (bicyclic) bond motifs is 1. The Kier molecular flexibility index (Phi) is 3.83. The fourth-order valence-corrected chi connectivity index (χ4v) is 2.36. The summed E-state index contributed by atoms with van der Waals surface area (Å²) in [6.07, 6.45) is 3.07. The van der Waals surface area contributed by atoms with Crippen LogP contribution in [0.15, 0.2) is 46.1 Å². The minimum Gasteiger partial charge on any atom is -0.454 e. The van der Waals surface area contributed by atoms with E-state index in [1.54, 1.807) is 30.5 Å². The van der Waals surface area contributed by atoms with Crippen molar-refractivity contribution in [1.29, 1.82) is 0 Å². The Morgan fingerprint density at radius 2 is 2.29 bits per heavy atom. The number of hydrazone groups is 1. The van der Waals surface area contributed by atoms with E-state index in [9.17, 15) is 4.79 Å². The number of carbonyl (C=O) groups is 1. The van der Waals surface area contributed by atoms with Crippen LogP contribution in [-0.4, -0.2) is 23.9 Å². The van der Waals surface area contributed by atoms with Gasteiger partial charge in [-0.3, -0.25) is 9.78 Å². The van der Waals surface area contributed by atoms with Crippen molar-refractivity contribution in [2.45, 2.75) is 0 Å². The van der Waals surface area contributed by atoms with Gasteiger partial charge >= 0.3 is 0 Å². The third-order valence-corrected chi connectivity index (χ3v) is 3.32. The lowest BCUT2D eigenvalue weighted by Gasteiger charge is -2.01. The third-order valence-electron chi connectivity index (χ3n) is 2.73. The van der Waals surface area contributed by atoms with Crippen molar-refractivity contribution in [3.8, 4) is 11.5 Å². The molecule has 0 fully saturated rings. The summed E-state index contributed by atoms with van der Waals surface area (Å²) < 4.78 is 11.4. The number of ether oxygens (including phenoxy) is 2. The average Bonchev–Trinajstić information content (AvgIpc) is 2.97. The summed E-state index contributed by atoms with van der Waals surface area (Å²) in [7, 11) is 0. The Balaban J connectivity index is 1.70. The molecule has 1 aromatic carbocycles. The number of halogens is 1. The van der Waals surface area contributed by atoms with E-state index < -0.39 is 0 Å². The standard InChI is InChI=1S/C14H10BrN3O3/c15-10-5-9(6-12-13(10)21-8-20-12)7-17-18-14(19)11-3-1-2-4-16-11/h1-7H,8H2,(H,18,19)/b17-7-. The van der Waals surface area contributed by atoms with Gasteiger partial charge in [0.25, 0.3) is 5.91 Å². The molecule has 0 bridgehead atoms. The van der Waals surface area contributed by atoms with Crippen LogP contribution in [0.2, 0.25) is 0 Å². The molecule has 1 aliphatic rings. The van der Waals surface area contributed by atoms with Crippen molar-refractivity contribution < 1.29 is 14.3 Å². The Morgan fingerprint density at radius 3 is 3.10 bits per heavy atom. The second-order valence-electron chi connectivity index (χ2n) is 4.15. The number of pyridine rings is 1. The first-order chi connectivity index (χ1) is 10.2. The summed E-state index contributed by atoms with van der Waals surface area (Å²) in [6.45, 7) is 0.199. The lowest BCUT2D eigenvalue weighted by Crippen LogP contribution is -2.18. The highest BCUT2D eigenvalue weighted by Gasteiger charge is 2.17. The average molecular weight is 348 g/mol. The van der Waals surface area contributed by atoms with Gasteiger partial charge in [0, 0.05) is 6.20 Å². The molecule has 6 nitrogen and oxygen atoms in total. The smallest absolute Gasteiger partial charge is 0.289 e. The van der Waals surface area contributed by atoms with Crippen LogP contribution in [0, 0.1) is 0 Å². The molecule has 0 aliphatic carbocycles. The van der Waals surface area contributed by atoms with Crippen molar-refractivity contribution in [3.63, 3.8) is 0 Å². The van der Waals surface area contributed by atoms with Crippen LogP contribution >= 0.6 is 15.9 Å². The van der Waals surface area contributed by atoms with E-state index in [-0.39, 0.29) is 12.7 Å². The molecule has 0 spiro atoms. The van der Waals surface area contributed by atoms with E-state index in [0.717, 1.165) is 10.0 Å². The van der Waals surface area contributed by atoms with Crippen LogP contribution in [-0.2, 0) is 0 Å². The maximum Gasteiger partial charge on any atom is 0.289 e. The van der Waals surface area contributed by atoms with Gasteiger partial charge in [-0.25, -0.2) is 5.43 Å². The quantitative estimate of drug-likeness (QED) is 0.683. The van der Waals surface area contributed by atoms with Gasteiger partial charge in [0.1, 0.15) is 5.69 Å². The molecule has 0 atom stereocenters. The van der Waals surface area contributed by atoms with Gasteiger partial charge in [0.2, 0.25) is 6.79 Å². The molecule has 3 rings (SSSR count). The highest BCUT2D eigenvalue weighted by molar-refractivity contribution is 9.10. The number of hydrogen-bond acceptors (Lipinski definition) is 5. The number of hydrogen-bond donors (Lipinski definition) is 1. The van der Waals surface area contributed by atoms with Crippen LogP contribution in [0.4, 0.5) is 0 Å². The molecular formula is C14H10BrN3O3. The van der Waals surface area contributed by atoms with Crippen molar-refractivity contribution >= 4 is 28.1 Å². The van der Waals surface area contributed by atoms with Gasteiger partial charge in [-0.2, -0.15) is 5.10 Å². The second kappa shape index (κ2) is 5.92. The Bertz CT molecular complexity index is 704. The highest BCUT2D eigenvalue weighted by atomic mass is 79.9. The van der Waals surface area contributed by atoms with E-state index in [1.807, 2.05) is 6.07 Å². The number of carbonyl (C=O) groups excluding carboxylic acids is 1. The number of aromatic nitrogens is 1. The van der Waals surface area contributed by atoms with Crippen LogP contribution < -0.4 is 14.9 Å². The molecule has 0 radical (unpaired) electrons. The number of benzene rings is 1. The zero-order chi connectivity index (χ0) is 14.7. The van der Waals surface area contributed by atoms with Gasteiger partial charge in [0.05, 0.1) is 10.7 Å². The Labute approximate surface area is 128 Å². The molecule has 7 heteroatoms. The largest absolute Gasteiger partial charge is 0.454 e. The van der Waals surface area contributed by atoms with E-state index in [4.69, 9.17) is 9.47 Å². The van der Waals surface area contributed by atoms with E-state index in [0.29, 0.717) is 17.2 Å². The fraction of sp³-hybridized carbons (Fsp3) is 0.0714. The van der Waals surface area contributed by atoms with Gasteiger partial charge in [-0.15, -0.1) is 0 Å². The van der Waals surface area contributed by atoms with Crippen LogP contribution in [0.1, 0.15) is 16.1 Å². The predicted octanol–water partition coefficient (Wildman–Crippen LogP) is 2.34.